The number of rotatable bonds is 26. The van der Waals surface area contributed by atoms with Gasteiger partial charge >= 0.3 is 37.7 Å². The van der Waals surface area contributed by atoms with Gasteiger partial charge in [0.2, 0.25) is 0 Å². The predicted octanol–water partition coefficient (Wildman–Crippen LogP) is 12.5. The monoisotopic (exact) mass is 846 g/mol. The summed E-state index contributed by atoms with van der Waals surface area (Å²) in [5.74, 6) is 2.14. The molecule has 308 valence electrons. The molecule has 8 nitrogen and oxygen atoms in total. The Morgan fingerprint density at radius 2 is 0.702 bits per heavy atom. The molecule has 0 N–H and O–H groups in total. The Labute approximate surface area is 373 Å². The molecular formula is C46H62CaO8S2. The van der Waals surface area contributed by atoms with E-state index in [2.05, 4.69) is 13.8 Å². The average molecular weight is 847 g/mol. The van der Waals surface area contributed by atoms with Crippen molar-refractivity contribution in [1.82, 2.24) is 0 Å². The van der Waals surface area contributed by atoms with E-state index >= 15 is 0 Å². The van der Waals surface area contributed by atoms with Gasteiger partial charge in [0.25, 0.3) is 0 Å². The molecule has 0 saturated heterocycles. The van der Waals surface area contributed by atoms with Crippen LogP contribution in [0.15, 0.2) is 107 Å². The van der Waals surface area contributed by atoms with E-state index in [-0.39, 0.29) is 47.5 Å². The van der Waals surface area contributed by atoms with Gasteiger partial charge in [0.1, 0.15) is 43.2 Å². The summed E-state index contributed by atoms with van der Waals surface area (Å²) in [6, 6.07) is 27.7. The fraction of sp³-hybridized carbons (Fsp3) is 0.478. The minimum atomic E-state index is -4.54. The van der Waals surface area contributed by atoms with Gasteiger partial charge in [-0.1, -0.05) is 165 Å². The third-order valence-corrected chi connectivity index (χ3v) is 11.6. The molecule has 0 fully saturated rings. The van der Waals surface area contributed by atoms with Crippen molar-refractivity contribution in [2.45, 2.75) is 152 Å². The maximum Gasteiger partial charge on any atom is 2.00 e. The van der Waals surface area contributed by atoms with Gasteiger partial charge in [-0.25, -0.2) is 16.8 Å². The predicted molar refractivity (Wildman–Crippen MR) is 229 cm³/mol. The fourth-order valence-electron chi connectivity index (χ4n) is 6.70. The zero-order chi connectivity index (χ0) is 40.5. The van der Waals surface area contributed by atoms with Crippen LogP contribution >= 0.6 is 0 Å². The smallest absolute Gasteiger partial charge is 0.744 e. The van der Waals surface area contributed by atoms with Crippen molar-refractivity contribution in [2.24, 2.45) is 0 Å². The maximum atomic E-state index is 11.7. The molecule has 0 aliphatic heterocycles. The second kappa shape index (κ2) is 28.9. The number of ether oxygens (including phenoxy) is 2. The molecule has 0 atom stereocenters. The zero-order valence-electron chi connectivity index (χ0n) is 34.2. The number of hydrogen-bond acceptors (Lipinski definition) is 8. The van der Waals surface area contributed by atoms with Crippen molar-refractivity contribution in [2.75, 3.05) is 0 Å². The summed E-state index contributed by atoms with van der Waals surface area (Å²) >= 11 is 0. The minimum Gasteiger partial charge on any atom is -0.744 e. The quantitative estimate of drug-likeness (QED) is 0.0346. The first-order chi connectivity index (χ1) is 27.0. The van der Waals surface area contributed by atoms with Gasteiger partial charge < -0.3 is 18.6 Å². The van der Waals surface area contributed by atoms with Crippen LogP contribution in [0.4, 0.5) is 0 Å². The van der Waals surface area contributed by atoms with E-state index in [0.717, 1.165) is 38.5 Å². The molecule has 11 heteroatoms. The van der Waals surface area contributed by atoms with E-state index in [9.17, 15) is 25.9 Å². The molecule has 4 aromatic rings. The third kappa shape index (κ3) is 20.4. The van der Waals surface area contributed by atoms with Crippen LogP contribution in [0, 0.1) is 0 Å². The van der Waals surface area contributed by atoms with Gasteiger partial charge in [-0.15, -0.1) is 0 Å². The first-order valence-electron chi connectivity index (χ1n) is 20.7. The fourth-order valence-corrected chi connectivity index (χ4v) is 8.20. The summed E-state index contributed by atoms with van der Waals surface area (Å²) in [6.07, 6.45) is 22.3. The van der Waals surface area contributed by atoms with Crippen LogP contribution in [0.25, 0.3) is 0 Å². The van der Waals surface area contributed by atoms with E-state index in [0.29, 0.717) is 47.0 Å². The van der Waals surface area contributed by atoms with Crippen LogP contribution in [-0.2, 0) is 33.1 Å². The zero-order valence-corrected chi connectivity index (χ0v) is 38.0. The molecule has 0 spiro atoms. The molecule has 0 unspecified atom stereocenters. The molecule has 0 radical (unpaired) electrons. The number of hydrogen-bond donors (Lipinski definition) is 0. The van der Waals surface area contributed by atoms with Crippen LogP contribution < -0.4 is 9.47 Å². The van der Waals surface area contributed by atoms with E-state index in [4.69, 9.17) is 9.47 Å². The Balaban J connectivity index is 0.000000387. The number of unbranched alkanes of at least 4 members (excludes halogenated alkanes) is 16. The van der Waals surface area contributed by atoms with Gasteiger partial charge in [0, 0.05) is 11.1 Å². The average Bonchev–Trinajstić information content (AvgIpc) is 3.17. The minimum absolute atomic E-state index is 0. The molecule has 57 heavy (non-hydrogen) atoms. The topological polar surface area (TPSA) is 133 Å². The van der Waals surface area contributed by atoms with E-state index in [1.807, 2.05) is 36.4 Å². The van der Waals surface area contributed by atoms with Gasteiger partial charge in [-0.3, -0.25) is 0 Å². The first kappa shape index (κ1) is 50.7. The van der Waals surface area contributed by atoms with Crippen LogP contribution in [0.2, 0.25) is 0 Å². The molecule has 0 amide bonds. The van der Waals surface area contributed by atoms with Crippen molar-refractivity contribution < 1.29 is 35.4 Å². The molecule has 0 aliphatic carbocycles. The standard InChI is InChI=1S/2C23H32O4S.Ca/c2*1-2-3-4-5-6-7-8-9-13-17-21-22(27-20-15-11-10-12-16-20)18-14-19-23(21)28(24,25)26;/h2*10-12,14-16,18-19H,2-9,13,17H2,1H3,(H,24,25,26);/q;;+2/p-2. The van der Waals surface area contributed by atoms with Gasteiger partial charge in [-0.2, -0.15) is 0 Å². The van der Waals surface area contributed by atoms with Crippen LogP contribution in [0.5, 0.6) is 23.0 Å². The summed E-state index contributed by atoms with van der Waals surface area (Å²) < 4.78 is 82.0. The Kier molecular flexibility index (Phi) is 25.7. The Bertz CT molecular complexity index is 1750. The normalized spacial score (nSPS) is 11.3. The molecule has 4 aromatic carbocycles. The maximum absolute atomic E-state index is 11.7. The van der Waals surface area contributed by atoms with Crippen LogP contribution in [0.3, 0.4) is 0 Å². The van der Waals surface area contributed by atoms with Crippen molar-refractivity contribution in [3.63, 3.8) is 0 Å². The SMILES string of the molecule is CCCCCCCCCCCc1c(Oc2ccccc2)cccc1S(=O)(=O)[O-].CCCCCCCCCCCc1c(Oc2ccccc2)cccc1S(=O)(=O)[O-].[Ca+2]. The molecule has 0 bridgehead atoms. The van der Waals surface area contributed by atoms with Crippen molar-refractivity contribution in [1.29, 1.82) is 0 Å². The van der Waals surface area contributed by atoms with E-state index in [1.54, 1.807) is 48.5 Å². The largest absolute Gasteiger partial charge is 2.00 e. The van der Waals surface area contributed by atoms with E-state index < -0.39 is 20.2 Å². The Morgan fingerprint density at radius 1 is 0.404 bits per heavy atom. The van der Waals surface area contributed by atoms with Crippen molar-refractivity contribution >= 4 is 58.0 Å². The van der Waals surface area contributed by atoms with Crippen molar-refractivity contribution in [3.8, 4) is 23.0 Å². The summed E-state index contributed by atoms with van der Waals surface area (Å²) in [5, 5.41) is 0. The van der Waals surface area contributed by atoms with Crippen LogP contribution in [0.1, 0.15) is 141 Å². The summed E-state index contributed by atoms with van der Waals surface area (Å²) in [5.41, 5.74) is 0.980. The first-order valence-corrected chi connectivity index (χ1v) is 23.5. The molecule has 0 heterocycles. The summed E-state index contributed by atoms with van der Waals surface area (Å²) in [7, 11) is -9.08. The molecule has 0 aromatic heterocycles. The molecule has 4 rings (SSSR count). The van der Waals surface area contributed by atoms with Crippen molar-refractivity contribution in [3.05, 3.63) is 108 Å². The Hall–Kier alpha value is -2.44. The van der Waals surface area contributed by atoms with Crippen LogP contribution in [-0.4, -0.2) is 63.7 Å². The third-order valence-electron chi connectivity index (χ3n) is 9.72. The second-order valence-corrected chi connectivity index (χ2v) is 17.1. The molecule has 0 aliphatic rings. The van der Waals surface area contributed by atoms with E-state index in [1.165, 1.54) is 89.2 Å². The molecular weight excluding hydrogens is 785 g/mol. The second-order valence-electron chi connectivity index (χ2n) is 14.4. The van der Waals surface area contributed by atoms with Gasteiger partial charge in [-0.05, 0) is 74.2 Å². The molecule has 0 saturated carbocycles. The summed E-state index contributed by atoms with van der Waals surface area (Å²) in [4.78, 5) is -0.332. The summed E-state index contributed by atoms with van der Waals surface area (Å²) in [6.45, 7) is 4.44. The van der Waals surface area contributed by atoms with Gasteiger partial charge in [0.15, 0.2) is 0 Å². The Morgan fingerprint density at radius 3 is 1.00 bits per heavy atom. The van der Waals surface area contributed by atoms with Gasteiger partial charge in [0.05, 0.1) is 9.79 Å². The number of para-hydroxylation sites is 2. The number of benzene rings is 4.